The number of hydrogen-bond donors (Lipinski definition) is 0. The summed E-state index contributed by atoms with van der Waals surface area (Å²) in [5.41, 5.74) is 1.73. The minimum atomic E-state index is 0.244. The van der Waals surface area contributed by atoms with Crippen LogP contribution in [-0.4, -0.2) is 48.9 Å². The molecule has 2 fully saturated rings. The maximum absolute atomic E-state index is 13.0. The summed E-state index contributed by atoms with van der Waals surface area (Å²) in [5, 5.41) is 6.22. The van der Waals surface area contributed by atoms with Crippen LogP contribution in [-0.2, 0) is 4.79 Å². The summed E-state index contributed by atoms with van der Waals surface area (Å²) < 4.78 is 1.82. The van der Waals surface area contributed by atoms with Crippen LogP contribution >= 0.6 is 11.8 Å². The van der Waals surface area contributed by atoms with Crippen molar-refractivity contribution in [2.45, 2.75) is 49.6 Å². The van der Waals surface area contributed by atoms with Crippen molar-refractivity contribution < 1.29 is 4.79 Å². The molecule has 3 heterocycles. The van der Waals surface area contributed by atoms with Crippen molar-refractivity contribution in [2.24, 2.45) is 5.92 Å². The van der Waals surface area contributed by atoms with Gasteiger partial charge < -0.3 is 4.90 Å². The third-order valence-electron chi connectivity index (χ3n) is 6.23. The average Bonchev–Trinajstić information content (AvgIpc) is 3.22. The van der Waals surface area contributed by atoms with Gasteiger partial charge in [0.1, 0.15) is 11.4 Å². The van der Waals surface area contributed by atoms with Gasteiger partial charge in [0.15, 0.2) is 5.65 Å². The molecule has 5 rings (SSSR count). The zero-order valence-corrected chi connectivity index (χ0v) is 17.2. The molecule has 1 aromatic carbocycles. The second-order valence-electron chi connectivity index (χ2n) is 7.94. The van der Waals surface area contributed by atoms with Gasteiger partial charge in [0.05, 0.1) is 23.0 Å². The quantitative estimate of drug-likeness (QED) is 0.481. The molecule has 2 aliphatic rings. The normalized spacial score (nSPS) is 21.9. The van der Waals surface area contributed by atoms with E-state index in [9.17, 15) is 4.79 Å². The van der Waals surface area contributed by atoms with E-state index >= 15 is 0 Å². The van der Waals surface area contributed by atoms with Crippen LogP contribution in [0.25, 0.3) is 16.7 Å². The molecule has 0 radical (unpaired) electrons. The Bertz CT molecular complexity index is 1000. The standard InChI is InChI=1S/C22H25N5OS/c28-20(26-12-6-8-16-7-4-5-11-19(16)26)14-29-22-18-13-25-27(21(18)23-15-24-22)17-9-2-1-3-10-17/h1-3,9-10,13,15-16,19H,4-8,11-12,14H2. The largest absolute Gasteiger partial charge is 0.339 e. The van der Waals surface area contributed by atoms with Gasteiger partial charge in [-0.05, 0) is 43.7 Å². The second kappa shape index (κ2) is 8.14. The average molecular weight is 408 g/mol. The number of fused-ring (bicyclic) bond motifs is 2. The number of para-hydroxylation sites is 1. The molecule has 7 heteroatoms. The predicted molar refractivity (Wildman–Crippen MR) is 114 cm³/mol. The van der Waals surface area contributed by atoms with Crippen molar-refractivity contribution in [3.05, 3.63) is 42.9 Å². The number of nitrogens with zero attached hydrogens (tertiary/aromatic N) is 5. The minimum Gasteiger partial charge on any atom is -0.339 e. The van der Waals surface area contributed by atoms with E-state index in [0.29, 0.717) is 17.7 Å². The molecule has 3 aromatic rings. The summed E-state index contributed by atoms with van der Waals surface area (Å²) in [6, 6.07) is 10.4. The molecule has 150 valence electrons. The van der Waals surface area contributed by atoms with Gasteiger partial charge in [0, 0.05) is 12.6 Å². The molecule has 1 saturated heterocycles. The summed E-state index contributed by atoms with van der Waals surface area (Å²) in [5.74, 6) is 1.38. The number of rotatable bonds is 4. The summed E-state index contributed by atoms with van der Waals surface area (Å²) in [6.07, 6.45) is 10.8. The van der Waals surface area contributed by atoms with Crippen molar-refractivity contribution in [2.75, 3.05) is 12.3 Å². The zero-order chi connectivity index (χ0) is 19.6. The van der Waals surface area contributed by atoms with Gasteiger partial charge in [-0.15, -0.1) is 0 Å². The molecule has 2 atom stereocenters. The lowest BCUT2D eigenvalue weighted by atomic mass is 9.78. The van der Waals surface area contributed by atoms with E-state index in [2.05, 4.69) is 20.0 Å². The maximum atomic E-state index is 13.0. The lowest BCUT2D eigenvalue weighted by molar-refractivity contribution is -0.134. The van der Waals surface area contributed by atoms with E-state index in [1.165, 1.54) is 43.9 Å². The highest BCUT2D eigenvalue weighted by Gasteiger charge is 2.35. The van der Waals surface area contributed by atoms with Crippen LogP contribution in [0.15, 0.2) is 47.9 Å². The third kappa shape index (κ3) is 3.64. The molecular formula is C22H25N5OS. The van der Waals surface area contributed by atoms with Gasteiger partial charge in [-0.1, -0.05) is 42.8 Å². The number of carbonyl (C=O) groups is 1. The number of piperidine rings is 1. The van der Waals surface area contributed by atoms with E-state index < -0.39 is 0 Å². The van der Waals surface area contributed by atoms with Crippen molar-refractivity contribution >= 4 is 28.7 Å². The van der Waals surface area contributed by atoms with Crippen molar-refractivity contribution in [3.63, 3.8) is 0 Å². The number of amides is 1. The monoisotopic (exact) mass is 407 g/mol. The molecular weight excluding hydrogens is 382 g/mol. The molecule has 6 nitrogen and oxygen atoms in total. The van der Waals surface area contributed by atoms with Crippen molar-refractivity contribution in [1.29, 1.82) is 0 Å². The highest BCUT2D eigenvalue weighted by Crippen LogP contribution is 2.36. The van der Waals surface area contributed by atoms with E-state index in [0.717, 1.165) is 34.7 Å². The molecule has 2 unspecified atom stereocenters. The summed E-state index contributed by atoms with van der Waals surface area (Å²) >= 11 is 1.50. The number of aromatic nitrogens is 4. The molecule has 1 aliphatic carbocycles. The van der Waals surface area contributed by atoms with E-state index in [4.69, 9.17) is 0 Å². The lowest BCUT2D eigenvalue weighted by Crippen LogP contribution is -2.50. The van der Waals surface area contributed by atoms with Crippen LogP contribution in [0.3, 0.4) is 0 Å². The first-order chi connectivity index (χ1) is 14.3. The molecule has 0 spiro atoms. The zero-order valence-electron chi connectivity index (χ0n) is 16.4. The Labute approximate surface area is 174 Å². The van der Waals surface area contributed by atoms with Crippen molar-refractivity contribution in [1.82, 2.24) is 24.6 Å². The second-order valence-corrected chi connectivity index (χ2v) is 8.90. The topological polar surface area (TPSA) is 63.9 Å². The van der Waals surface area contributed by atoms with Crippen LogP contribution in [0.5, 0.6) is 0 Å². The third-order valence-corrected chi connectivity index (χ3v) is 7.22. The number of hydrogen-bond acceptors (Lipinski definition) is 5. The van der Waals surface area contributed by atoms with Crippen LogP contribution < -0.4 is 0 Å². The van der Waals surface area contributed by atoms with Gasteiger partial charge in [0.25, 0.3) is 0 Å². The van der Waals surface area contributed by atoms with Gasteiger partial charge in [0.2, 0.25) is 5.91 Å². The number of benzene rings is 1. The fourth-order valence-corrected chi connectivity index (χ4v) is 5.69. The van der Waals surface area contributed by atoms with Gasteiger partial charge in [-0.3, -0.25) is 4.79 Å². The molecule has 0 bridgehead atoms. The molecule has 1 amide bonds. The Hall–Kier alpha value is -2.41. The van der Waals surface area contributed by atoms with Gasteiger partial charge in [-0.2, -0.15) is 5.10 Å². The van der Waals surface area contributed by atoms with Crippen molar-refractivity contribution in [3.8, 4) is 5.69 Å². The Morgan fingerprint density at radius 1 is 1.07 bits per heavy atom. The van der Waals surface area contributed by atoms with Gasteiger partial charge in [-0.25, -0.2) is 14.6 Å². The smallest absolute Gasteiger partial charge is 0.233 e. The van der Waals surface area contributed by atoms with Crippen LogP contribution in [0.2, 0.25) is 0 Å². The first kappa shape index (κ1) is 18.6. The van der Waals surface area contributed by atoms with Crippen LogP contribution in [0.4, 0.5) is 0 Å². The van der Waals surface area contributed by atoms with E-state index in [1.807, 2.05) is 35.0 Å². The molecule has 2 aromatic heterocycles. The number of thioether (sulfide) groups is 1. The fraction of sp³-hybridized carbons (Fsp3) is 0.455. The number of likely N-dealkylation sites (tertiary alicyclic amines) is 1. The predicted octanol–water partition coefficient (Wildman–Crippen LogP) is 4.09. The first-order valence-electron chi connectivity index (χ1n) is 10.5. The highest BCUT2D eigenvalue weighted by atomic mass is 32.2. The van der Waals surface area contributed by atoms with E-state index in [-0.39, 0.29) is 5.91 Å². The van der Waals surface area contributed by atoms with Gasteiger partial charge >= 0.3 is 0 Å². The summed E-state index contributed by atoms with van der Waals surface area (Å²) in [7, 11) is 0. The molecule has 0 N–H and O–H groups in total. The molecule has 1 saturated carbocycles. The minimum absolute atomic E-state index is 0.244. The summed E-state index contributed by atoms with van der Waals surface area (Å²) in [6.45, 7) is 0.908. The number of carbonyl (C=O) groups excluding carboxylic acids is 1. The first-order valence-corrected chi connectivity index (χ1v) is 11.5. The molecule has 1 aliphatic heterocycles. The Balaban J connectivity index is 1.33. The lowest BCUT2D eigenvalue weighted by Gasteiger charge is -2.44. The summed E-state index contributed by atoms with van der Waals surface area (Å²) in [4.78, 5) is 24.1. The Morgan fingerprint density at radius 3 is 2.79 bits per heavy atom. The van der Waals surface area contributed by atoms with Crippen LogP contribution in [0, 0.1) is 5.92 Å². The molecule has 29 heavy (non-hydrogen) atoms. The SMILES string of the molecule is O=C(CSc1ncnc2c1cnn2-c1ccccc1)N1CCCC2CCCCC21. The maximum Gasteiger partial charge on any atom is 0.233 e. The van der Waals surface area contributed by atoms with Crippen LogP contribution in [0.1, 0.15) is 38.5 Å². The Morgan fingerprint density at radius 2 is 1.90 bits per heavy atom. The highest BCUT2D eigenvalue weighted by molar-refractivity contribution is 8.00. The fourth-order valence-electron chi connectivity index (χ4n) is 4.84. The Kier molecular flexibility index (Phi) is 5.23. The van der Waals surface area contributed by atoms with E-state index in [1.54, 1.807) is 12.5 Å².